The van der Waals surface area contributed by atoms with Crippen LogP contribution in [0.3, 0.4) is 0 Å². The number of hydrogen-bond donors (Lipinski definition) is 1. The number of hydrogen-bond acceptors (Lipinski definition) is 4. The molecule has 5 heteroatoms. The molecule has 0 aliphatic rings. The zero-order valence-electron chi connectivity index (χ0n) is 16.7. The van der Waals surface area contributed by atoms with Crippen LogP contribution in [0, 0.1) is 13.8 Å². The first-order valence-corrected chi connectivity index (χ1v) is 9.56. The maximum atomic E-state index is 13.0. The number of anilines is 1. The summed E-state index contributed by atoms with van der Waals surface area (Å²) in [7, 11) is 0. The lowest BCUT2D eigenvalue weighted by atomic mass is 10.1. The third-order valence-electron chi connectivity index (χ3n) is 4.83. The maximum absolute atomic E-state index is 13.0. The zero-order chi connectivity index (χ0) is 21.1. The maximum Gasteiger partial charge on any atom is 0.343 e. The van der Waals surface area contributed by atoms with Crippen molar-refractivity contribution in [2.45, 2.75) is 13.8 Å². The van der Waals surface area contributed by atoms with E-state index in [2.05, 4.69) is 10.3 Å². The lowest BCUT2D eigenvalue weighted by Gasteiger charge is -2.13. The molecule has 4 aromatic rings. The second kappa shape index (κ2) is 8.17. The molecular formula is C25H20N2O3. The molecule has 1 heterocycles. The molecule has 1 aromatic heterocycles. The lowest BCUT2D eigenvalue weighted by molar-refractivity contribution is 0.0732. The number of aromatic nitrogens is 1. The summed E-state index contributed by atoms with van der Waals surface area (Å²) in [6.45, 7) is 3.72. The van der Waals surface area contributed by atoms with Crippen molar-refractivity contribution in [2.24, 2.45) is 0 Å². The van der Waals surface area contributed by atoms with Crippen LogP contribution in [0.1, 0.15) is 31.8 Å². The number of rotatable bonds is 4. The molecule has 1 amide bonds. The molecule has 0 aliphatic heterocycles. The molecule has 148 valence electrons. The van der Waals surface area contributed by atoms with Gasteiger partial charge in [-0.2, -0.15) is 0 Å². The highest BCUT2D eigenvalue weighted by Crippen LogP contribution is 2.26. The first-order chi connectivity index (χ1) is 14.5. The summed E-state index contributed by atoms with van der Waals surface area (Å²) in [5, 5.41) is 3.81. The predicted octanol–water partition coefficient (Wildman–Crippen LogP) is 5.32. The molecule has 0 fully saturated rings. The Morgan fingerprint density at radius 3 is 2.50 bits per heavy atom. The van der Waals surface area contributed by atoms with Crippen molar-refractivity contribution in [3.63, 3.8) is 0 Å². The minimum Gasteiger partial charge on any atom is -0.422 e. The van der Waals surface area contributed by atoms with Gasteiger partial charge in [0.2, 0.25) is 0 Å². The van der Waals surface area contributed by atoms with Gasteiger partial charge in [-0.05, 0) is 55.3 Å². The van der Waals surface area contributed by atoms with E-state index in [1.165, 1.54) is 0 Å². The third kappa shape index (κ3) is 3.91. The Morgan fingerprint density at radius 2 is 1.67 bits per heavy atom. The molecule has 0 atom stereocenters. The summed E-state index contributed by atoms with van der Waals surface area (Å²) < 4.78 is 5.62. The van der Waals surface area contributed by atoms with Crippen LogP contribution in [-0.4, -0.2) is 16.9 Å². The highest BCUT2D eigenvalue weighted by atomic mass is 16.5. The summed E-state index contributed by atoms with van der Waals surface area (Å²) in [4.78, 5) is 30.1. The molecule has 0 saturated carbocycles. The van der Waals surface area contributed by atoms with Crippen LogP contribution in [0.2, 0.25) is 0 Å². The number of benzene rings is 3. The third-order valence-corrected chi connectivity index (χ3v) is 4.83. The molecule has 5 nitrogen and oxygen atoms in total. The summed E-state index contributed by atoms with van der Waals surface area (Å²) in [5.74, 6) is -0.658. The van der Waals surface area contributed by atoms with Crippen LogP contribution < -0.4 is 10.1 Å². The van der Waals surface area contributed by atoms with Crippen molar-refractivity contribution in [2.75, 3.05) is 5.32 Å². The van der Waals surface area contributed by atoms with Crippen LogP contribution >= 0.6 is 0 Å². The zero-order valence-corrected chi connectivity index (χ0v) is 16.7. The molecule has 0 aliphatic carbocycles. The number of esters is 1. The van der Waals surface area contributed by atoms with Crippen molar-refractivity contribution in [3.05, 3.63) is 101 Å². The van der Waals surface area contributed by atoms with E-state index in [1.54, 1.807) is 42.6 Å². The first-order valence-electron chi connectivity index (χ1n) is 9.56. The van der Waals surface area contributed by atoms with Gasteiger partial charge < -0.3 is 10.1 Å². The molecule has 1 N–H and O–H groups in total. The van der Waals surface area contributed by atoms with Crippen molar-refractivity contribution in [1.82, 2.24) is 4.98 Å². The number of ether oxygens (including phenoxy) is 1. The molecule has 3 aromatic carbocycles. The van der Waals surface area contributed by atoms with Crippen LogP contribution in [0.15, 0.2) is 79.0 Å². The van der Waals surface area contributed by atoms with Crippen molar-refractivity contribution in [3.8, 4) is 5.75 Å². The van der Waals surface area contributed by atoms with Gasteiger partial charge in [-0.3, -0.25) is 9.78 Å². The molecule has 30 heavy (non-hydrogen) atoms. The Bertz CT molecular complexity index is 1260. The van der Waals surface area contributed by atoms with Crippen LogP contribution in [0.4, 0.5) is 5.69 Å². The summed E-state index contributed by atoms with van der Waals surface area (Å²) in [6.07, 6.45) is 1.68. The first kappa shape index (κ1) is 19.3. The molecule has 0 bridgehead atoms. The summed E-state index contributed by atoms with van der Waals surface area (Å²) in [5.41, 5.74) is 3.71. The van der Waals surface area contributed by atoms with Gasteiger partial charge >= 0.3 is 5.97 Å². The summed E-state index contributed by atoms with van der Waals surface area (Å²) in [6, 6.07) is 21.7. The number of pyridine rings is 1. The normalized spacial score (nSPS) is 10.6. The van der Waals surface area contributed by atoms with Gasteiger partial charge in [-0.25, -0.2) is 4.79 Å². The smallest absolute Gasteiger partial charge is 0.343 e. The minimum absolute atomic E-state index is 0.217. The van der Waals surface area contributed by atoms with E-state index in [9.17, 15) is 9.59 Å². The van der Waals surface area contributed by atoms with Crippen LogP contribution in [0.25, 0.3) is 10.9 Å². The topological polar surface area (TPSA) is 68.3 Å². The Labute approximate surface area is 174 Å². The van der Waals surface area contributed by atoms with E-state index in [0.717, 1.165) is 16.5 Å². The van der Waals surface area contributed by atoms with Gasteiger partial charge in [0.15, 0.2) is 0 Å². The number of nitrogens with one attached hydrogen (secondary N) is 1. The largest absolute Gasteiger partial charge is 0.422 e. The van der Waals surface area contributed by atoms with Gasteiger partial charge in [0.05, 0.1) is 22.3 Å². The van der Waals surface area contributed by atoms with Crippen molar-refractivity contribution >= 4 is 28.5 Å². The van der Waals surface area contributed by atoms with E-state index in [0.29, 0.717) is 16.8 Å². The number of nitrogens with zero attached hydrogens (tertiary/aromatic N) is 1. The standard InChI is InChI=1S/C25H20N2O3/c1-16-12-13-20(22(15-16)30-25(29)19-10-4-3-7-17(19)2)24(28)27-21-11-5-8-18-9-6-14-26-23(18)21/h3-15H,1-2H3,(H,27,28). The molecule has 0 saturated heterocycles. The van der Waals surface area contributed by atoms with Gasteiger partial charge in [-0.1, -0.05) is 42.5 Å². The lowest BCUT2D eigenvalue weighted by Crippen LogP contribution is -2.17. The molecule has 0 spiro atoms. The Balaban J connectivity index is 1.65. The highest BCUT2D eigenvalue weighted by molar-refractivity contribution is 6.10. The Kier molecular flexibility index (Phi) is 5.26. The number of fused-ring (bicyclic) bond motifs is 1. The summed E-state index contributed by atoms with van der Waals surface area (Å²) >= 11 is 0. The van der Waals surface area contributed by atoms with Gasteiger partial charge in [0.25, 0.3) is 5.91 Å². The number of carbonyl (C=O) groups excluding carboxylic acids is 2. The molecule has 0 radical (unpaired) electrons. The fraction of sp³-hybridized carbons (Fsp3) is 0.0800. The van der Waals surface area contributed by atoms with E-state index in [1.807, 2.05) is 50.2 Å². The average molecular weight is 396 g/mol. The molecular weight excluding hydrogens is 376 g/mol. The fourth-order valence-corrected chi connectivity index (χ4v) is 3.25. The fourth-order valence-electron chi connectivity index (χ4n) is 3.25. The Morgan fingerprint density at radius 1 is 0.867 bits per heavy atom. The SMILES string of the molecule is Cc1ccc(C(=O)Nc2cccc3cccnc23)c(OC(=O)c2ccccc2C)c1. The van der Waals surface area contributed by atoms with Gasteiger partial charge in [0.1, 0.15) is 5.75 Å². The predicted molar refractivity (Wildman–Crippen MR) is 117 cm³/mol. The van der Waals surface area contributed by atoms with E-state index >= 15 is 0 Å². The number of para-hydroxylation sites is 1. The van der Waals surface area contributed by atoms with E-state index in [-0.39, 0.29) is 17.2 Å². The molecule has 0 unspecified atom stereocenters. The highest BCUT2D eigenvalue weighted by Gasteiger charge is 2.18. The monoisotopic (exact) mass is 396 g/mol. The Hall–Kier alpha value is -3.99. The van der Waals surface area contributed by atoms with Crippen molar-refractivity contribution in [1.29, 1.82) is 0 Å². The number of amides is 1. The van der Waals surface area contributed by atoms with Gasteiger partial charge in [-0.15, -0.1) is 0 Å². The second-order valence-electron chi connectivity index (χ2n) is 7.04. The van der Waals surface area contributed by atoms with Crippen LogP contribution in [-0.2, 0) is 0 Å². The van der Waals surface area contributed by atoms with E-state index < -0.39 is 5.97 Å². The molecule has 4 rings (SSSR count). The van der Waals surface area contributed by atoms with Crippen LogP contribution in [0.5, 0.6) is 5.75 Å². The van der Waals surface area contributed by atoms with E-state index in [4.69, 9.17) is 4.74 Å². The number of aryl methyl sites for hydroxylation is 2. The van der Waals surface area contributed by atoms with Crippen molar-refractivity contribution < 1.29 is 14.3 Å². The minimum atomic E-state index is -0.500. The second-order valence-corrected chi connectivity index (χ2v) is 7.04. The average Bonchev–Trinajstić information content (AvgIpc) is 2.74. The van der Waals surface area contributed by atoms with Gasteiger partial charge in [0, 0.05) is 11.6 Å². The number of carbonyl (C=O) groups is 2. The quantitative estimate of drug-likeness (QED) is 0.374.